The van der Waals surface area contributed by atoms with Crippen LogP contribution in [0.15, 0.2) is 12.4 Å². The third-order valence-corrected chi connectivity index (χ3v) is 3.92. The molecule has 1 aromatic rings. The molecule has 2 atom stereocenters. The van der Waals surface area contributed by atoms with Crippen molar-refractivity contribution in [2.24, 2.45) is 5.73 Å². The summed E-state index contributed by atoms with van der Waals surface area (Å²) in [5, 5.41) is 0. The van der Waals surface area contributed by atoms with Gasteiger partial charge in [-0.2, -0.15) is 0 Å². The molecule has 5 nitrogen and oxygen atoms in total. The number of fused-ring (bicyclic) bond motifs is 1. The van der Waals surface area contributed by atoms with Crippen molar-refractivity contribution in [2.45, 2.75) is 44.4 Å². The number of aromatic nitrogens is 2. The number of hydrogen-bond donors (Lipinski definition) is 1. The highest BCUT2D eigenvalue weighted by atomic mass is 16.5. The maximum atomic E-state index is 5.86. The number of nitrogens with zero attached hydrogens (tertiary/aromatic N) is 3. The van der Waals surface area contributed by atoms with E-state index < -0.39 is 0 Å². The maximum absolute atomic E-state index is 5.86. The van der Waals surface area contributed by atoms with Gasteiger partial charge in [0, 0.05) is 31.0 Å². The Hall–Kier alpha value is -1.20. The Morgan fingerprint density at radius 1 is 1.28 bits per heavy atom. The lowest BCUT2D eigenvalue weighted by Crippen LogP contribution is -2.53. The fourth-order valence-electron chi connectivity index (χ4n) is 2.95. The lowest BCUT2D eigenvalue weighted by molar-refractivity contribution is -0.00932. The van der Waals surface area contributed by atoms with Crippen molar-refractivity contribution >= 4 is 5.95 Å². The molecule has 0 aromatic carbocycles. The van der Waals surface area contributed by atoms with Gasteiger partial charge in [-0.25, -0.2) is 9.97 Å². The third kappa shape index (κ3) is 2.20. The van der Waals surface area contributed by atoms with Crippen LogP contribution in [0.5, 0.6) is 0 Å². The molecule has 1 saturated heterocycles. The predicted octanol–water partition coefficient (Wildman–Crippen LogP) is 1.08. The third-order valence-electron chi connectivity index (χ3n) is 3.92. The minimum atomic E-state index is 0.366. The second-order valence-corrected chi connectivity index (χ2v) is 5.05. The molecule has 1 saturated carbocycles. The SMILES string of the molecule is NCc1cnc(N2CCOC3CCCCC32)nc1. The summed E-state index contributed by atoms with van der Waals surface area (Å²) in [4.78, 5) is 11.2. The van der Waals surface area contributed by atoms with Gasteiger partial charge in [0.25, 0.3) is 0 Å². The molecule has 18 heavy (non-hydrogen) atoms. The van der Waals surface area contributed by atoms with Crippen molar-refractivity contribution < 1.29 is 4.74 Å². The monoisotopic (exact) mass is 248 g/mol. The summed E-state index contributed by atoms with van der Waals surface area (Å²) < 4.78 is 5.86. The van der Waals surface area contributed by atoms with Crippen molar-refractivity contribution in [3.8, 4) is 0 Å². The van der Waals surface area contributed by atoms with Gasteiger partial charge in [-0.1, -0.05) is 12.8 Å². The Kier molecular flexibility index (Phi) is 3.43. The van der Waals surface area contributed by atoms with E-state index in [9.17, 15) is 0 Å². The largest absolute Gasteiger partial charge is 0.374 e. The van der Waals surface area contributed by atoms with Gasteiger partial charge in [0.2, 0.25) is 5.95 Å². The van der Waals surface area contributed by atoms with Gasteiger partial charge in [0.05, 0.1) is 18.8 Å². The topological polar surface area (TPSA) is 64.3 Å². The summed E-state index contributed by atoms with van der Waals surface area (Å²) in [5.41, 5.74) is 6.55. The van der Waals surface area contributed by atoms with Crippen molar-refractivity contribution in [3.63, 3.8) is 0 Å². The van der Waals surface area contributed by atoms with E-state index in [4.69, 9.17) is 10.5 Å². The fraction of sp³-hybridized carbons (Fsp3) is 0.692. The Morgan fingerprint density at radius 3 is 2.83 bits per heavy atom. The number of hydrogen-bond acceptors (Lipinski definition) is 5. The van der Waals surface area contributed by atoms with Crippen LogP contribution < -0.4 is 10.6 Å². The number of ether oxygens (including phenoxy) is 1. The van der Waals surface area contributed by atoms with Crippen molar-refractivity contribution in [1.29, 1.82) is 0 Å². The van der Waals surface area contributed by atoms with Gasteiger partial charge in [-0.3, -0.25) is 0 Å². The highest BCUT2D eigenvalue weighted by molar-refractivity contribution is 5.33. The standard InChI is InChI=1S/C13H20N4O/c14-7-10-8-15-13(16-9-10)17-5-6-18-12-4-2-1-3-11(12)17/h8-9,11-12H,1-7,14H2. The lowest BCUT2D eigenvalue weighted by Gasteiger charge is -2.43. The van der Waals surface area contributed by atoms with Crippen molar-refractivity contribution in [2.75, 3.05) is 18.1 Å². The molecule has 1 aliphatic carbocycles. The molecule has 2 unspecified atom stereocenters. The first-order valence-corrected chi connectivity index (χ1v) is 6.78. The summed E-state index contributed by atoms with van der Waals surface area (Å²) in [6.07, 6.45) is 8.94. The van der Waals surface area contributed by atoms with E-state index in [1.165, 1.54) is 25.7 Å². The Morgan fingerprint density at radius 2 is 2.06 bits per heavy atom. The van der Waals surface area contributed by atoms with E-state index in [2.05, 4.69) is 14.9 Å². The van der Waals surface area contributed by atoms with Gasteiger partial charge in [0.1, 0.15) is 0 Å². The van der Waals surface area contributed by atoms with Crippen LogP contribution in [0.1, 0.15) is 31.2 Å². The van der Waals surface area contributed by atoms with Gasteiger partial charge in [-0.05, 0) is 12.8 Å². The molecule has 0 spiro atoms. The number of rotatable bonds is 2. The summed E-state index contributed by atoms with van der Waals surface area (Å²) in [6.45, 7) is 2.17. The first kappa shape index (κ1) is 11.9. The van der Waals surface area contributed by atoms with Crippen LogP contribution in [0.3, 0.4) is 0 Å². The van der Waals surface area contributed by atoms with Crippen LogP contribution in [0, 0.1) is 0 Å². The van der Waals surface area contributed by atoms with E-state index in [-0.39, 0.29) is 0 Å². The van der Waals surface area contributed by atoms with E-state index in [0.29, 0.717) is 18.7 Å². The zero-order chi connectivity index (χ0) is 12.4. The molecule has 0 bridgehead atoms. The van der Waals surface area contributed by atoms with Crippen LogP contribution in [0.25, 0.3) is 0 Å². The van der Waals surface area contributed by atoms with Gasteiger partial charge < -0.3 is 15.4 Å². The average Bonchev–Trinajstić information content (AvgIpc) is 2.47. The Labute approximate surface area is 107 Å². The second-order valence-electron chi connectivity index (χ2n) is 5.05. The van der Waals surface area contributed by atoms with Gasteiger partial charge in [0.15, 0.2) is 0 Å². The average molecular weight is 248 g/mol. The molecular weight excluding hydrogens is 228 g/mol. The smallest absolute Gasteiger partial charge is 0.225 e. The Balaban J connectivity index is 1.80. The van der Waals surface area contributed by atoms with Crippen LogP contribution in [-0.4, -0.2) is 35.3 Å². The predicted molar refractivity (Wildman–Crippen MR) is 69.3 cm³/mol. The van der Waals surface area contributed by atoms with E-state index in [1.807, 2.05) is 12.4 Å². The Bertz CT molecular complexity index is 392. The number of nitrogens with two attached hydrogens (primary N) is 1. The first-order chi connectivity index (χ1) is 8.88. The summed E-state index contributed by atoms with van der Waals surface area (Å²) in [6, 6.07) is 0.455. The van der Waals surface area contributed by atoms with E-state index >= 15 is 0 Å². The van der Waals surface area contributed by atoms with Crippen LogP contribution >= 0.6 is 0 Å². The maximum Gasteiger partial charge on any atom is 0.225 e. The molecule has 0 amide bonds. The van der Waals surface area contributed by atoms with E-state index in [0.717, 1.165) is 24.7 Å². The molecule has 98 valence electrons. The summed E-state index contributed by atoms with van der Waals surface area (Å²) in [7, 11) is 0. The molecule has 3 rings (SSSR count). The molecule has 2 fully saturated rings. The molecule has 0 radical (unpaired) electrons. The summed E-state index contributed by atoms with van der Waals surface area (Å²) >= 11 is 0. The molecular formula is C13H20N4O. The van der Waals surface area contributed by atoms with Crippen molar-refractivity contribution in [3.05, 3.63) is 18.0 Å². The molecule has 1 aliphatic heterocycles. The second kappa shape index (κ2) is 5.20. The number of anilines is 1. The minimum absolute atomic E-state index is 0.366. The molecule has 5 heteroatoms. The number of morpholine rings is 1. The van der Waals surface area contributed by atoms with E-state index in [1.54, 1.807) is 0 Å². The van der Waals surface area contributed by atoms with Crippen LogP contribution in [0.2, 0.25) is 0 Å². The van der Waals surface area contributed by atoms with Gasteiger partial charge >= 0.3 is 0 Å². The van der Waals surface area contributed by atoms with Gasteiger partial charge in [-0.15, -0.1) is 0 Å². The molecule has 2 heterocycles. The van der Waals surface area contributed by atoms with Crippen LogP contribution in [-0.2, 0) is 11.3 Å². The summed E-state index contributed by atoms with van der Waals surface area (Å²) in [5.74, 6) is 0.826. The van der Waals surface area contributed by atoms with Crippen molar-refractivity contribution in [1.82, 2.24) is 9.97 Å². The molecule has 2 N–H and O–H groups in total. The quantitative estimate of drug-likeness (QED) is 0.848. The zero-order valence-electron chi connectivity index (χ0n) is 10.6. The zero-order valence-corrected chi connectivity index (χ0v) is 10.6. The minimum Gasteiger partial charge on any atom is -0.374 e. The highest BCUT2D eigenvalue weighted by Gasteiger charge is 2.35. The first-order valence-electron chi connectivity index (χ1n) is 6.78. The van der Waals surface area contributed by atoms with Crippen LogP contribution in [0.4, 0.5) is 5.95 Å². The normalized spacial score (nSPS) is 27.9. The highest BCUT2D eigenvalue weighted by Crippen LogP contribution is 2.30. The molecule has 1 aromatic heterocycles. The fourth-order valence-corrected chi connectivity index (χ4v) is 2.95. The molecule has 2 aliphatic rings. The lowest BCUT2D eigenvalue weighted by atomic mass is 9.90.